The molecule has 2 amide bonds. The topological polar surface area (TPSA) is 76.7 Å². The molecule has 1 aliphatic carbocycles. The maximum atomic E-state index is 12.1. The first-order chi connectivity index (χ1) is 14.7. The Morgan fingerprint density at radius 3 is 2.07 bits per heavy atom. The molecule has 0 aromatic heterocycles. The lowest BCUT2D eigenvalue weighted by atomic mass is 9.98. The van der Waals surface area contributed by atoms with Gasteiger partial charge in [0, 0.05) is 11.6 Å². The quantitative estimate of drug-likeness (QED) is 0.649. The maximum absolute atomic E-state index is 12.1. The van der Waals surface area contributed by atoms with Crippen molar-refractivity contribution in [1.82, 2.24) is 5.32 Å². The molecule has 0 bridgehead atoms. The van der Waals surface area contributed by atoms with Crippen molar-refractivity contribution >= 4 is 17.7 Å². The van der Waals surface area contributed by atoms with Crippen molar-refractivity contribution in [3.8, 4) is 16.9 Å². The molecule has 152 valence electrons. The highest BCUT2D eigenvalue weighted by Crippen LogP contribution is 2.44. The number of nitrogens with one attached hydrogen (secondary N) is 2. The smallest absolute Gasteiger partial charge is 0.407 e. The van der Waals surface area contributed by atoms with Gasteiger partial charge in [0.05, 0.1) is 7.11 Å². The standard InChI is InChI=1S/C24H22N2O4/c1-29-17-12-10-16(11-13-17)26-23(27)14-25-24(28)30-15-22-20-8-4-2-6-18(20)19-7-3-5-9-21(19)22/h2-13,22H,14-15H2,1H3,(H,25,28)(H,26,27). The van der Waals surface area contributed by atoms with Gasteiger partial charge in [-0.25, -0.2) is 4.79 Å². The van der Waals surface area contributed by atoms with Crippen LogP contribution in [-0.4, -0.2) is 32.3 Å². The van der Waals surface area contributed by atoms with Crippen LogP contribution in [0.1, 0.15) is 17.0 Å². The minimum absolute atomic E-state index is 0.0173. The van der Waals surface area contributed by atoms with Crippen LogP contribution in [0, 0.1) is 0 Å². The lowest BCUT2D eigenvalue weighted by molar-refractivity contribution is -0.115. The fourth-order valence-corrected chi connectivity index (χ4v) is 3.68. The van der Waals surface area contributed by atoms with Crippen molar-refractivity contribution in [2.45, 2.75) is 5.92 Å². The number of alkyl carbamates (subject to hydrolysis) is 1. The van der Waals surface area contributed by atoms with Gasteiger partial charge in [0.15, 0.2) is 0 Å². The average Bonchev–Trinajstić information content (AvgIpc) is 3.10. The molecule has 0 fully saturated rings. The third kappa shape index (κ3) is 4.12. The van der Waals surface area contributed by atoms with Gasteiger partial charge >= 0.3 is 6.09 Å². The summed E-state index contributed by atoms with van der Waals surface area (Å²) in [5, 5.41) is 5.21. The van der Waals surface area contributed by atoms with E-state index < -0.39 is 6.09 Å². The largest absolute Gasteiger partial charge is 0.497 e. The van der Waals surface area contributed by atoms with Crippen molar-refractivity contribution < 1.29 is 19.1 Å². The van der Waals surface area contributed by atoms with E-state index >= 15 is 0 Å². The predicted octanol–water partition coefficient (Wildman–Crippen LogP) is 4.17. The molecule has 1 aliphatic rings. The zero-order chi connectivity index (χ0) is 20.9. The van der Waals surface area contributed by atoms with Gasteiger partial charge in [-0.05, 0) is 46.5 Å². The molecule has 0 aliphatic heterocycles. The van der Waals surface area contributed by atoms with E-state index in [0.29, 0.717) is 11.4 Å². The van der Waals surface area contributed by atoms with Crippen molar-refractivity contribution in [2.75, 3.05) is 25.6 Å². The zero-order valence-electron chi connectivity index (χ0n) is 16.6. The van der Waals surface area contributed by atoms with Crippen LogP contribution in [0.15, 0.2) is 72.8 Å². The van der Waals surface area contributed by atoms with Gasteiger partial charge in [-0.1, -0.05) is 48.5 Å². The van der Waals surface area contributed by atoms with Crippen LogP contribution in [0.25, 0.3) is 11.1 Å². The summed E-state index contributed by atoms with van der Waals surface area (Å²) >= 11 is 0. The SMILES string of the molecule is COc1ccc(NC(=O)CNC(=O)OCC2c3ccccc3-c3ccccc32)cc1. The summed E-state index contributed by atoms with van der Waals surface area (Å²) in [5.41, 5.74) is 5.24. The van der Waals surface area contributed by atoms with Gasteiger partial charge in [0.2, 0.25) is 5.91 Å². The third-order valence-electron chi connectivity index (χ3n) is 5.11. The maximum Gasteiger partial charge on any atom is 0.407 e. The highest BCUT2D eigenvalue weighted by atomic mass is 16.5. The summed E-state index contributed by atoms with van der Waals surface area (Å²) in [6.45, 7) is 0.0304. The van der Waals surface area contributed by atoms with E-state index in [1.807, 2.05) is 24.3 Å². The van der Waals surface area contributed by atoms with Crippen LogP contribution < -0.4 is 15.4 Å². The number of benzene rings is 3. The van der Waals surface area contributed by atoms with E-state index in [9.17, 15) is 9.59 Å². The Balaban J connectivity index is 1.30. The number of anilines is 1. The molecule has 0 atom stereocenters. The summed E-state index contributed by atoms with van der Waals surface area (Å²) in [4.78, 5) is 24.2. The minimum Gasteiger partial charge on any atom is -0.497 e. The molecule has 4 rings (SSSR count). The Morgan fingerprint density at radius 2 is 1.47 bits per heavy atom. The van der Waals surface area contributed by atoms with Crippen LogP contribution in [0.5, 0.6) is 5.75 Å². The summed E-state index contributed by atoms with van der Waals surface area (Å²) in [6.07, 6.45) is -0.623. The molecule has 6 heteroatoms. The second-order valence-corrected chi connectivity index (χ2v) is 6.96. The number of ether oxygens (including phenoxy) is 2. The number of methoxy groups -OCH3 is 1. The summed E-state index contributed by atoms with van der Waals surface area (Å²) in [6, 6.07) is 23.2. The lowest BCUT2D eigenvalue weighted by Crippen LogP contribution is -2.33. The van der Waals surface area contributed by atoms with Gasteiger partial charge in [-0.15, -0.1) is 0 Å². The van der Waals surface area contributed by atoms with Crippen LogP contribution in [0.3, 0.4) is 0 Å². The van der Waals surface area contributed by atoms with Crippen molar-refractivity contribution in [3.05, 3.63) is 83.9 Å². The molecule has 0 radical (unpaired) electrons. The molecule has 6 nitrogen and oxygen atoms in total. The predicted molar refractivity (Wildman–Crippen MR) is 115 cm³/mol. The van der Waals surface area contributed by atoms with Crippen LogP contribution >= 0.6 is 0 Å². The van der Waals surface area contributed by atoms with Gasteiger partial charge in [-0.2, -0.15) is 0 Å². The van der Waals surface area contributed by atoms with E-state index in [-0.39, 0.29) is 25.0 Å². The first-order valence-corrected chi connectivity index (χ1v) is 9.68. The number of rotatable bonds is 6. The highest BCUT2D eigenvalue weighted by molar-refractivity contribution is 5.93. The lowest BCUT2D eigenvalue weighted by Gasteiger charge is -2.14. The van der Waals surface area contributed by atoms with Crippen LogP contribution in [-0.2, 0) is 9.53 Å². The second kappa shape index (κ2) is 8.69. The first-order valence-electron chi connectivity index (χ1n) is 9.68. The highest BCUT2D eigenvalue weighted by Gasteiger charge is 2.28. The minimum atomic E-state index is -0.623. The van der Waals surface area contributed by atoms with Gasteiger partial charge in [0.25, 0.3) is 0 Å². The number of carbonyl (C=O) groups excluding carboxylic acids is 2. The normalized spacial score (nSPS) is 11.9. The molecular weight excluding hydrogens is 380 g/mol. The average molecular weight is 402 g/mol. The first kappa shape index (κ1) is 19.5. The number of hydrogen-bond donors (Lipinski definition) is 2. The van der Waals surface area contributed by atoms with Gasteiger partial charge in [0.1, 0.15) is 18.9 Å². The monoisotopic (exact) mass is 402 g/mol. The Bertz CT molecular complexity index is 1020. The molecule has 0 heterocycles. The molecule has 3 aromatic carbocycles. The fraction of sp³-hybridized carbons (Fsp3) is 0.167. The number of hydrogen-bond acceptors (Lipinski definition) is 4. The van der Waals surface area contributed by atoms with E-state index in [1.54, 1.807) is 31.4 Å². The summed E-state index contributed by atoms with van der Waals surface area (Å²) < 4.78 is 10.5. The zero-order valence-corrected chi connectivity index (χ0v) is 16.6. The van der Waals surface area contributed by atoms with E-state index in [0.717, 1.165) is 11.1 Å². The van der Waals surface area contributed by atoms with Crippen molar-refractivity contribution in [2.24, 2.45) is 0 Å². The molecule has 0 spiro atoms. The van der Waals surface area contributed by atoms with E-state index in [1.165, 1.54) is 11.1 Å². The molecule has 30 heavy (non-hydrogen) atoms. The number of amides is 2. The number of fused-ring (bicyclic) bond motifs is 3. The van der Waals surface area contributed by atoms with Crippen molar-refractivity contribution in [3.63, 3.8) is 0 Å². The second-order valence-electron chi connectivity index (χ2n) is 6.96. The molecular formula is C24H22N2O4. The van der Waals surface area contributed by atoms with Gasteiger partial charge in [-0.3, -0.25) is 4.79 Å². The Morgan fingerprint density at radius 1 is 0.867 bits per heavy atom. The molecule has 3 aromatic rings. The Kier molecular flexibility index (Phi) is 5.66. The molecule has 0 saturated heterocycles. The Hall–Kier alpha value is -3.80. The summed E-state index contributed by atoms with van der Waals surface area (Å²) in [7, 11) is 1.58. The molecule has 0 saturated carbocycles. The number of carbonyl (C=O) groups is 2. The van der Waals surface area contributed by atoms with E-state index in [2.05, 4.69) is 34.9 Å². The van der Waals surface area contributed by atoms with Crippen molar-refractivity contribution in [1.29, 1.82) is 0 Å². The molecule has 2 N–H and O–H groups in total. The van der Waals surface area contributed by atoms with E-state index in [4.69, 9.17) is 9.47 Å². The van der Waals surface area contributed by atoms with Gasteiger partial charge < -0.3 is 20.1 Å². The third-order valence-corrected chi connectivity index (χ3v) is 5.11. The van der Waals surface area contributed by atoms with Crippen LogP contribution in [0.2, 0.25) is 0 Å². The summed E-state index contributed by atoms with van der Waals surface area (Å²) in [5.74, 6) is 0.342. The molecule has 0 unspecified atom stereocenters. The fourth-order valence-electron chi connectivity index (χ4n) is 3.68. The Labute approximate surface area is 174 Å². The van der Waals surface area contributed by atoms with Crippen LogP contribution in [0.4, 0.5) is 10.5 Å².